The van der Waals surface area contributed by atoms with Gasteiger partial charge in [-0.15, -0.1) is 0 Å². The molecule has 0 radical (unpaired) electrons. The summed E-state index contributed by atoms with van der Waals surface area (Å²) in [5.74, 6) is -0.00510. The quantitative estimate of drug-likeness (QED) is 0.275. The van der Waals surface area contributed by atoms with Crippen molar-refractivity contribution in [1.82, 2.24) is 0 Å². The lowest BCUT2D eigenvalue weighted by Gasteiger charge is -2.30. The third-order valence-electron chi connectivity index (χ3n) is 6.11. The predicted molar refractivity (Wildman–Crippen MR) is 150 cm³/mol. The third kappa shape index (κ3) is 6.46. The number of hydrogen-bond acceptors (Lipinski definition) is 6. The van der Waals surface area contributed by atoms with Gasteiger partial charge in [-0.2, -0.15) is 5.26 Å². The first-order valence-electron chi connectivity index (χ1n) is 12.0. The monoisotopic (exact) mass is 550 g/mol. The van der Waals surface area contributed by atoms with Crippen LogP contribution in [0.4, 0.5) is 17.1 Å². The van der Waals surface area contributed by atoms with Crippen LogP contribution in [0.1, 0.15) is 24.8 Å². The molecule has 0 aliphatic carbocycles. The van der Waals surface area contributed by atoms with Crippen molar-refractivity contribution in [3.8, 4) is 11.8 Å². The van der Waals surface area contributed by atoms with Crippen LogP contribution in [0.15, 0.2) is 77.2 Å². The standard InChI is InChI=1S/C28H27ClN4O4S/c1-37-23-12-9-20(10-13-23)17-21(19-30)28(34)31-22-11-14-26(33-15-5-2-6-16-33)27(18-22)38(35,36)32-25-8-4-3-7-24(25)29/h3-4,7-14,17-18,32H,2,5-6,15-16H2,1H3,(H,31,34)/b21-17+. The van der Waals surface area contributed by atoms with E-state index in [9.17, 15) is 18.5 Å². The maximum atomic E-state index is 13.6. The molecule has 3 aromatic rings. The second-order valence-corrected chi connectivity index (χ2v) is 10.8. The van der Waals surface area contributed by atoms with E-state index in [1.54, 1.807) is 67.8 Å². The number of halogens is 1. The number of benzene rings is 3. The van der Waals surface area contributed by atoms with E-state index >= 15 is 0 Å². The molecule has 38 heavy (non-hydrogen) atoms. The zero-order valence-electron chi connectivity index (χ0n) is 20.8. The maximum Gasteiger partial charge on any atom is 0.266 e. The van der Waals surface area contributed by atoms with Crippen LogP contribution in [0.5, 0.6) is 5.75 Å². The van der Waals surface area contributed by atoms with Gasteiger partial charge in [0.2, 0.25) is 0 Å². The highest BCUT2D eigenvalue weighted by Gasteiger charge is 2.25. The Balaban J connectivity index is 1.66. The fourth-order valence-corrected chi connectivity index (χ4v) is 5.73. The van der Waals surface area contributed by atoms with Gasteiger partial charge in [-0.3, -0.25) is 9.52 Å². The molecule has 4 rings (SSSR count). The van der Waals surface area contributed by atoms with Crippen LogP contribution in [0.25, 0.3) is 6.08 Å². The molecule has 0 aromatic heterocycles. The average molecular weight is 551 g/mol. The molecule has 1 heterocycles. The summed E-state index contributed by atoms with van der Waals surface area (Å²) in [6.45, 7) is 1.45. The van der Waals surface area contributed by atoms with E-state index in [1.165, 1.54) is 12.1 Å². The number of para-hydroxylation sites is 1. The number of carbonyl (C=O) groups is 1. The summed E-state index contributed by atoms with van der Waals surface area (Å²) in [7, 11) is -2.52. The van der Waals surface area contributed by atoms with E-state index in [-0.39, 0.29) is 26.9 Å². The molecule has 10 heteroatoms. The van der Waals surface area contributed by atoms with Gasteiger partial charge in [0.1, 0.15) is 22.3 Å². The second-order valence-electron chi connectivity index (χ2n) is 8.71. The number of nitrogens with zero attached hydrogens (tertiary/aromatic N) is 2. The van der Waals surface area contributed by atoms with Crippen LogP contribution < -0.4 is 19.7 Å². The van der Waals surface area contributed by atoms with Crippen LogP contribution in [-0.2, 0) is 14.8 Å². The van der Waals surface area contributed by atoms with Gasteiger partial charge in [-0.25, -0.2) is 8.42 Å². The van der Waals surface area contributed by atoms with E-state index in [2.05, 4.69) is 10.0 Å². The number of anilines is 3. The Morgan fingerprint density at radius 1 is 1.05 bits per heavy atom. The lowest BCUT2D eigenvalue weighted by Crippen LogP contribution is -2.31. The maximum absolute atomic E-state index is 13.6. The highest BCUT2D eigenvalue weighted by atomic mass is 35.5. The molecule has 1 aliphatic heterocycles. The number of ether oxygens (including phenoxy) is 1. The highest BCUT2D eigenvalue weighted by Crippen LogP contribution is 2.33. The number of amides is 1. The fourth-order valence-electron chi connectivity index (χ4n) is 4.16. The smallest absolute Gasteiger partial charge is 0.266 e. The van der Waals surface area contributed by atoms with Gasteiger partial charge < -0.3 is 15.0 Å². The van der Waals surface area contributed by atoms with Crippen molar-refractivity contribution in [2.75, 3.05) is 35.1 Å². The lowest BCUT2D eigenvalue weighted by molar-refractivity contribution is -0.112. The van der Waals surface area contributed by atoms with Gasteiger partial charge in [0.15, 0.2) is 0 Å². The molecule has 0 saturated carbocycles. The molecule has 0 bridgehead atoms. The molecular weight excluding hydrogens is 524 g/mol. The largest absolute Gasteiger partial charge is 0.497 e. The Labute approximate surface area is 227 Å². The fraction of sp³-hybridized carbons (Fsp3) is 0.214. The summed E-state index contributed by atoms with van der Waals surface area (Å²) in [6.07, 6.45) is 4.45. The van der Waals surface area contributed by atoms with E-state index < -0.39 is 15.9 Å². The molecule has 8 nitrogen and oxygen atoms in total. The molecule has 1 saturated heterocycles. The Morgan fingerprint density at radius 3 is 2.42 bits per heavy atom. The van der Waals surface area contributed by atoms with Crippen LogP contribution in [0, 0.1) is 11.3 Å². The van der Waals surface area contributed by atoms with Crippen molar-refractivity contribution in [1.29, 1.82) is 5.26 Å². The summed E-state index contributed by atoms with van der Waals surface area (Å²) in [4.78, 5) is 15.0. The molecule has 0 unspecified atom stereocenters. The van der Waals surface area contributed by atoms with E-state index in [4.69, 9.17) is 16.3 Å². The highest BCUT2D eigenvalue weighted by molar-refractivity contribution is 7.93. The van der Waals surface area contributed by atoms with Crippen molar-refractivity contribution in [3.63, 3.8) is 0 Å². The number of methoxy groups -OCH3 is 1. The van der Waals surface area contributed by atoms with E-state index in [0.717, 1.165) is 32.4 Å². The first-order chi connectivity index (χ1) is 18.3. The van der Waals surface area contributed by atoms with Crippen LogP contribution >= 0.6 is 11.6 Å². The normalized spacial score (nSPS) is 13.9. The van der Waals surface area contributed by atoms with E-state index in [0.29, 0.717) is 17.0 Å². The van der Waals surface area contributed by atoms with Gasteiger partial charge in [-0.05, 0) is 73.4 Å². The topological polar surface area (TPSA) is 112 Å². The van der Waals surface area contributed by atoms with Gasteiger partial charge in [0.25, 0.3) is 15.9 Å². The zero-order valence-corrected chi connectivity index (χ0v) is 22.3. The molecule has 0 atom stereocenters. The van der Waals surface area contributed by atoms with Crippen molar-refractivity contribution >= 4 is 50.7 Å². The number of piperidine rings is 1. The number of sulfonamides is 1. The molecule has 1 amide bonds. The molecule has 1 fully saturated rings. The summed E-state index contributed by atoms with van der Waals surface area (Å²) in [6, 6.07) is 20.1. The van der Waals surface area contributed by atoms with Gasteiger partial charge in [-0.1, -0.05) is 35.9 Å². The van der Waals surface area contributed by atoms with Crippen LogP contribution in [0.3, 0.4) is 0 Å². The minimum atomic E-state index is -4.07. The minimum absolute atomic E-state index is 0.00904. The van der Waals surface area contributed by atoms with Crippen molar-refractivity contribution in [2.24, 2.45) is 0 Å². The Hall–Kier alpha value is -4.00. The van der Waals surface area contributed by atoms with Crippen LogP contribution in [0.2, 0.25) is 5.02 Å². The first kappa shape index (κ1) is 27.0. The Kier molecular flexibility index (Phi) is 8.56. The Morgan fingerprint density at radius 2 is 1.76 bits per heavy atom. The number of nitrogens with one attached hydrogen (secondary N) is 2. The number of hydrogen-bond donors (Lipinski definition) is 2. The van der Waals surface area contributed by atoms with Crippen molar-refractivity contribution < 1.29 is 17.9 Å². The average Bonchev–Trinajstić information content (AvgIpc) is 2.93. The number of nitriles is 1. The van der Waals surface area contributed by atoms with Crippen molar-refractivity contribution in [2.45, 2.75) is 24.2 Å². The molecule has 1 aliphatic rings. The SMILES string of the molecule is COc1ccc(/C=C(\C#N)C(=O)Nc2ccc(N3CCCCC3)c(S(=O)(=O)Nc3ccccc3Cl)c2)cc1. The zero-order chi connectivity index (χ0) is 27.1. The third-order valence-corrected chi connectivity index (χ3v) is 7.84. The van der Waals surface area contributed by atoms with E-state index in [1.807, 2.05) is 11.0 Å². The van der Waals surface area contributed by atoms with Gasteiger partial charge in [0.05, 0.1) is 23.5 Å². The second kappa shape index (κ2) is 12.0. The minimum Gasteiger partial charge on any atom is -0.497 e. The van der Waals surface area contributed by atoms with Crippen LogP contribution in [-0.4, -0.2) is 34.5 Å². The summed E-state index contributed by atoms with van der Waals surface area (Å²) >= 11 is 6.20. The summed E-state index contributed by atoms with van der Waals surface area (Å²) < 4.78 is 34.8. The molecule has 3 aromatic carbocycles. The Bertz CT molecular complexity index is 1490. The summed E-state index contributed by atoms with van der Waals surface area (Å²) in [5, 5.41) is 12.5. The molecular formula is C28H27ClN4O4S. The summed E-state index contributed by atoms with van der Waals surface area (Å²) in [5.41, 5.74) is 1.55. The molecule has 2 N–H and O–H groups in total. The number of rotatable bonds is 8. The van der Waals surface area contributed by atoms with Gasteiger partial charge in [0, 0.05) is 18.8 Å². The molecule has 0 spiro atoms. The number of carbonyl (C=O) groups excluding carboxylic acids is 1. The molecule has 196 valence electrons. The first-order valence-corrected chi connectivity index (χ1v) is 13.9. The van der Waals surface area contributed by atoms with Crippen molar-refractivity contribution in [3.05, 3.63) is 82.9 Å². The lowest BCUT2D eigenvalue weighted by atomic mass is 10.1. The van der Waals surface area contributed by atoms with Gasteiger partial charge >= 0.3 is 0 Å². The predicted octanol–water partition coefficient (Wildman–Crippen LogP) is 5.69.